The maximum Gasteiger partial charge on any atom is 0.249 e. The zero-order valence-corrected chi connectivity index (χ0v) is 7.48. The number of rotatable bonds is 2. The number of sulfonamides is 1. The lowest BCUT2D eigenvalue weighted by molar-refractivity contribution is 0.100. The average molecular weight is 206 g/mol. The first kappa shape index (κ1) is 9.17. The third kappa shape index (κ3) is 1.81. The number of carbonyl (C=O) groups excluding carboxylic acids is 1. The van der Waals surface area contributed by atoms with Gasteiger partial charge in [-0.1, -0.05) is 0 Å². The van der Waals surface area contributed by atoms with Crippen LogP contribution in [-0.2, 0) is 10.0 Å². The molecule has 1 aromatic rings. The molecule has 0 saturated heterocycles. The molecule has 12 heavy (non-hydrogen) atoms. The van der Waals surface area contributed by atoms with Gasteiger partial charge in [-0.2, -0.15) is 0 Å². The van der Waals surface area contributed by atoms with Gasteiger partial charge in [0.05, 0.1) is 5.56 Å². The molecule has 1 heterocycles. The largest absolute Gasteiger partial charge is 0.366 e. The maximum atomic E-state index is 10.7. The van der Waals surface area contributed by atoms with E-state index in [1.807, 2.05) is 0 Å². The van der Waals surface area contributed by atoms with Gasteiger partial charge < -0.3 is 5.73 Å². The van der Waals surface area contributed by atoms with Gasteiger partial charge in [0.2, 0.25) is 15.9 Å². The van der Waals surface area contributed by atoms with E-state index < -0.39 is 15.9 Å². The van der Waals surface area contributed by atoms with Gasteiger partial charge in [-0.05, 0) is 6.07 Å². The highest BCUT2D eigenvalue weighted by Gasteiger charge is 2.12. The van der Waals surface area contributed by atoms with Gasteiger partial charge in [-0.3, -0.25) is 4.79 Å². The molecule has 0 aliphatic rings. The molecule has 5 nitrogen and oxygen atoms in total. The van der Waals surface area contributed by atoms with Crippen molar-refractivity contribution < 1.29 is 13.2 Å². The number of nitrogens with two attached hydrogens (primary N) is 2. The van der Waals surface area contributed by atoms with Crippen molar-refractivity contribution >= 4 is 27.3 Å². The van der Waals surface area contributed by atoms with Crippen LogP contribution in [0.2, 0.25) is 0 Å². The Morgan fingerprint density at radius 3 is 2.33 bits per heavy atom. The predicted molar refractivity (Wildman–Crippen MR) is 44.2 cm³/mol. The minimum Gasteiger partial charge on any atom is -0.366 e. The molecule has 0 aromatic carbocycles. The normalized spacial score (nSPS) is 11.4. The molecular formula is C5H6N2O3S2. The van der Waals surface area contributed by atoms with Crippen LogP contribution < -0.4 is 10.9 Å². The van der Waals surface area contributed by atoms with Crippen LogP contribution in [0.15, 0.2) is 15.7 Å². The molecule has 1 rings (SSSR count). The van der Waals surface area contributed by atoms with E-state index in [0.717, 1.165) is 17.4 Å². The Morgan fingerprint density at radius 2 is 2.08 bits per heavy atom. The zero-order valence-electron chi connectivity index (χ0n) is 5.85. The number of primary amides is 1. The number of carbonyl (C=O) groups is 1. The first-order valence-electron chi connectivity index (χ1n) is 2.82. The first-order chi connectivity index (χ1) is 5.41. The third-order valence-electron chi connectivity index (χ3n) is 1.14. The number of hydrogen-bond donors (Lipinski definition) is 2. The molecule has 0 unspecified atom stereocenters. The molecule has 0 atom stereocenters. The van der Waals surface area contributed by atoms with Crippen LogP contribution in [0.5, 0.6) is 0 Å². The fraction of sp³-hybridized carbons (Fsp3) is 0. The molecule has 0 bridgehead atoms. The van der Waals surface area contributed by atoms with E-state index in [1.54, 1.807) is 0 Å². The molecule has 0 fully saturated rings. The van der Waals surface area contributed by atoms with Gasteiger partial charge in [0.25, 0.3) is 0 Å². The summed E-state index contributed by atoms with van der Waals surface area (Å²) in [7, 11) is -3.70. The van der Waals surface area contributed by atoms with Crippen molar-refractivity contribution in [3.63, 3.8) is 0 Å². The summed E-state index contributed by atoms with van der Waals surface area (Å²) in [6.07, 6.45) is 0. The van der Waals surface area contributed by atoms with E-state index in [9.17, 15) is 13.2 Å². The molecule has 1 amide bonds. The lowest BCUT2D eigenvalue weighted by atomic mass is 10.3. The molecule has 66 valence electrons. The summed E-state index contributed by atoms with van der Waals surface area (Å²) < 4.78 is 21.4. The van der Waals surface area contributed by atoms with E-state index in [4.69, 9.17) is 10.9 Å². The van der Waals surface area contributed by atoms with Gasteiger partial charge in [-0.25, -0.2) is 13.6 Å². The number of hydrogen-bond acceptors (Lipinski definition) is 4. The highest BCUT2D eigenvalue weighted by molar-refractivity contribution is 7.91. The van der Waals surface area contributed by atoms with Crippen LogP contribution in [-0.4, -0.2) is 14.3 Å². The summed E-state index contributed by atoms with van der Waals surface area (Å²) in [6, 6.07) is 1.16. The van der Waals surface area contributed by atoms with Crippen LogP contribution >= 0.6 is 11.3 Å². The molecule has 1 aromatic heterocycles. The van der Waals surface area contributed by atoms with Gasteiger partial charge in [0.1, 0.15) is 4.21 Å². The summed E-state index contributed by atoms with van der Waals surface area (Å²) in [5, 5.41) is 6.15. The quantitative estimate of drug-likeness (QED) is 0.681. The number of amides is 1. The molecule has 0 aliphatic heterocycles. The highest BCUT2D eigenvalue weighted by Crippen LogP contribution is 2.17. The zero-order chi connectivity index (χ0) is 9.35. The predicted octanol–water partition coefficient (Wildman–Crippen LogP) is -0.506. The Kier molecular flexibility index (Phi) is 2.18. The fourth-order valence-corrected chi connectivity index (χ4v) is 2.19. The Bertz CT molecular complexity index is 406. The summed E-state index contributed by atoms with van der Waals surface area (Å²) in [5.74, 6) is -0.666. The molecule has 0 aliphatic carbocycles. The van der Waals surface area contributed by atoms with Gasteiger partial charge in [0, 0.05) is 5.38 Å². The Morgan fingerprint density at radius 1 is 1.50 bits per heavy atom. The van der Waals surface area contributed by atoms with Crippen molar-refractivity contribution in [1.82, 2.24) is 0 Å². The third-order valence-corrected chi connectivity index (χ3v) is 3.53. The second-order valence-corrected chi connectivity index (χ2v) is 4.76. The van der Waals surface area contributed by atoms with Gasteiger partial charge in [0.15, 0.2) is 0 Å². The molecule has 0 spiro atoms. The number of primary sulfonamides is 1. The second-order valence-electron chi connectivity index (χ2n) is 2.06. The minimum absolute atomic E-state index is 0.0590. The maximum absolute atomic E-state index is 10.7. The fourth-order valence-electron chi connectivity index (χ4n) is 0.595. The van der Waals surface area contributed by atoms with Crippen LogP contribution in [0.25, 0.3) is 0 Å². The summed E-state index contributed by atoms with van der Waals surface area (Å²) in [4.78, 5) is 10.5. The second kappa shape index (κ2) is 2.85. The molecule has 0 radical (unpaired) electrons. The van der Waals surface area contributed by atoms with E-state index >= 15 is 0 Å². The average Bonchev–Trinajstić information content (AvgIpc) is 2.30. The molecule has 7 heteroatoms. The summed E-state index contributed by atoms with van der Waals surface area (Å²) >= 11 is 0.871. The van der Waals surface area contributed by atoms with Crippen LogP contribution in [0.3, 0.4) is 0 Å². The van der Waals surface area contributed by atoms with E-state index in [1.165, 1.54) is 5.38 Å². The van der Waals surface area contributed by atoms with Crippen molar-refractivity contribution in [2.45, 2.75) is 4.21 Å². The van der Waals surface area contributed by atoms with Crippen molar-refractivity contribution in [2.24, 2.45) is 10.9 Å². The van der Waals surface area contributed by atoms with Gasteiger partial charge >= 0.3 is 0 Å². The van der Waals surface area contributed by atoms with Crippen LogP contribution in [0.4, 0.5) is 0 Å². The van der Waals surface area contributed by atoms with Crippen molar-refractivity contribution in [2.75, 3.05) is 0 Å². The summed E-state index contributed by atoms with van der Waals surface area (Å²) in [6.45, 7) is 0. The van der Waals surface area contributed by atoms with Crippen molar-refractivity contribution in [3.05, 3.63) is 17.0 Å². The summed E-state index contributed by atoms with van der Waals surface area (Å²) in [5.41, 5.74) is 5.06. The Balaban J connectivity index is 3.17. The lowest BCUT2D eigenvalue weighted by Gasteiger charge is -1.88. The number of thiophene rings is 1. The van der Waals surface area contributed by atoms with E-state index in [0.29, 0.717) is 0 Å². The smallest absolute Gasteiger partial charge is 0.249 e. The van der Waals surface area contributed by atoms with E-state index in [2.05, 4.69) is 0 Å². The van der Waals surface area contributed by atoms with Crippen molar-refractivity contribution in [3.8, 4) is 0 Å². The van der Waals surface area contributed by atoms with E-state index in [-0.39, 0.29) is 9.77 Å². The lowest BCUT2D eigenvalue weighted by Crippen LogP contribution is -2.12. The van der Waals surface area contributed by atoms with Crippen LogP contribution in [0, 0.1) is 0 Å². The van der Waals surface area contributed by atoms with Crippen LogP contribution in [0.1, 0.15) is 10.4 Å². The molecular weight excluding hydrogens is 200 g/mol. The monoisotopic (exact) mass is 206 g/mol. The highest BCUT2D eigenvalue weighted by atomic mass is 32.2. The molecule has 4 N–H and O–H groups in total. The van der Waals surface area contributed by atoms with Gasteiger partial charge in [-0.15, -0.1) is 11.3 Å². The Hall–Kier alpha value is -0.920. The SMILES string of the molecule is NC(=O)c1csc(S(N)(=O)=O)c1. The Labute approximate surface area is 73.0 Å². The standard InChI is InChI=1S/C5H6N2O3S2/c6-5(8)3-1-4(11-2-3)12(7,9)10/h1-2H,(H2,6,8)(H2,7,9,10). The molecule has 0 saturated carbocycles. The van der Waals surface area contributed by atoms with Crippen molar-refractivity contribution in [1.29, 1.82) is 0 Å². The minimum atomic E-state index is -3.70. The first-order valence-corrected chi connectivity index (χ1v) is 5.25. The topological polar surface area (TPSA) is 103 Å².